The van der Waals surface area contributed by atoms with Crippen molar-refractivity contribution in [2.45, 2.75) is 32.7 Å². The van der Waals surface area contributed by atoms with E-state index in [-0.39, 0.29) is 24.9 Å². The summed E-state index contributed by atoms with van der Waals surface area (Å²) in [6.45, 7) is 4.43. The summed E-state index contributed by atoms with van der Waals surface area (Å²) in [5.41, 5.74) is 2.55. The average molecular weight is 303 g/mol. The van der Waals surface area contributed by atoms with Crippen LogP contribution in [0.1, 0.15) is 41.5 Å². The minimum atomic E-state index is -0.127. The molecule has 1 aromatic heterocycles. The Balaban J connectivity index is 0.00000200. The second-order valence-electron chi connectivity index (χ2n) is 4.95. The van der Waals surface area contributed by atoms with Gasteiger partial charge in [-0.1, -0.05) is 13.3 Å². The second-order valence-corrected chi connectivity index (χ2v) is 4.95. The number of nitrogens with one attached hydrogen (secondary N) is 3. The maximum absolute atomic E-state index is 12.1. The van der Waals surface area contributed by atoms with E-state index in [0.29, 0.717) is 24.7 Å². The molecule has 1 amide bonds. The maximum Gasteiger partial charge on any atom is 0.272 e. The molecule has 1 aliphatic rings. The van der Waals surface area contributed by atoms with Crippen LogP contribution in [0, 0.1) is 5.92 Å². The lowest BCUT2D eigenvalue weighted by Gasteiger charge is -2.15. The molecule has 1 atom stereocenters. The number of nitrogens with zero attached hydrogens (tertiary/aromatic N) is 1. The Morgan fingerprint density at radius 3 is 3.05 bits per heavy atom. The zero-order valence-corrected chi connectivity index (χ0v) is 12.6. The molecule has 6 nitrogen and oxygen atoms in total. The third-order valence-corrected chi connectivity index (χ3v) is 3.69. The van der Waals surface area contributed by atoms with Gasteiger partial charge in [-0.05, 0) is 12.3 Å². The lowest BCUT2D eigenvalue weighted by Crippen LogP contribution is -2.32. The SMILES string of the molecule is CCC(CCO)CNC(=O)c1n[nH]c2c1CNCC2.Cl. The van der Waals surface area contributed by atoms with Gasteiger partial charge in [-0.25, -0.2) is 0 Å². The number of aromatic nitrogens is 2. The number of aliphatic hydroxyl groups is 1. The molecule has 114 valence electrons. The Morgan fingerprint density at radius 1 is 1.55 bits per heavy atom. The van der Waals surface area contributed by atoms with E-state index in [1.54, 1.807) is 0 Å². The normalized spacial score (nSPS) is 15.1. The predicted octanol–water partition coefficient (Wildman–Crippen LogP) is 0.616. The second kappa shape index (κ2) is 8.24. The monoisotopic (exact) mass is 302 g/mol. The quantitative estimate of drug-likeness (QED) is 0.620. The Kier molecular flexibility index (Phi) is 6.98. The van der Waals surface area contributed by atoms with Crippen molar-refractivity contribution in [3.63, 3.8) is 0 Å². The standard InChI is InChI=1S/C13H22N4O2.ClH/c1-2-9(4-6-18)7-15-13(19)12-10-8-14-5-3-11(10)16-17-12;/h9,14,18H,2-8H2,1H3,(H,15,19)(H,16,17);1H. The fourth-order valence-corrected chi connectivity index (χ4v) is 2.37. The summed E-state index contributed by atoms with van der Waals surface area (Å²) in [4.78, 5) is 12.1. The predicted molar refractivity (Wildman–Crippen MR) is 79.1 cm³/mol. The van der Waals surface area contributed by atoms with Crippen molar-refractivity contribution in [1.29, 1.82) is 0 Å². The molecule has 1 aliphatic heterocycles. The fourth-order valence-electron chi connectivity index (χ4n) is 2.37. The van der Waals surface area contributed by atoms with E-state index in [2.05, 4.69) is 27.8 Å². The van der Waals surface area contributed by atoms with Crippen molar-refractivity contribution in [1.82, 2.24) is 20.8 Å². The molecule has 0 aliphatic carbocycles. The number of carbonyl (C=O) groups is 1. The molecule has 0 saturated heterocycles. The molecule has 0 saturated carbocycles. The largest absolute Gasteiger partial charge is 0.396 e. The van der Waals surface area contributed by atoms with Crippen LogP contribution in [-0.4, -0.2) is 40.9 Å². The molecule has 4 N–H and O–H groups in total. The summed E-state index contributed by atoms with van der Waals surface area (Å²) in [5, 5.41) is 22.2. The highest BCUT2D eigenvalue weighted by molar-refractivity contribution is 5.94. The minimum absolute atomic E-state index is 0. The number of hydrogen-bond donors (Lipinski definition) is 4. The van der Waals surface area contributed by atoms with Crippen LogP contribution in [0.5, 0.6) is 0 Å². The van der Waals surface area contributed by atoms with Gasteiger partial charge in [0.05, 0.1) is 0 Å². The van der Waals surface area contributed by atoms with Crippen molar-refractivity contribution in [2.24, 2.45) is 5.92 Å². The lowest BCUT2D eigenvalue weighted by atomic mass is 10.0. The zero-order valence-electron chi connectivity index (χ0n) is 11.7. The molecule has 0 bridgehead atoms. The number of amides is 1. The topological polar surface area (TPSA) is 90.0 Å². The van der Waals surface area contributed by atoms with E-state index in [1.165, 1.54) is 0 Å². The lowest BCUT2D eigenvalue weighted by molar-refractivity contribution is 0.0937. The molecule has 1 aromatic rings. The van der Waals surface area contributed by atoms with Crippen molar-refractivity contribution >= 4 is 18.3 Å². The highest BCUT2D eigenvalue weighted by Gasteiger charge is 2.21. The van der Waals surface area contributed by atoms with Crippen LogP contribution >= 0.6 is 12.4 Å². The summed E-state index contributed by atoms with van der Waals surface area (Å²) in [6.07, 6.45) is 2.55. The van der Waals surface area contributed by atoms with Gasteiger partial charge in [0.2, 0.25) is 0 Å². The first kappa shape index (κ1) is 16.9. The van der Waals surface area contributed by atoms with Gasteiger partial charge in [-0.15, -0.1) is 12.4 Å². The van der Waals surface area contributed by atoms with Gasteiger partial charge in [0.1, 0.15) is 0 Å². The van der Waals surface area contributed by atoms with E-state index in [9.17, 15) is 4.79 Å². The highest BCUT2D eigenvalue weighted by Crippen LogP contribution is 2.15. The summed E-state index contributed by atoms with van der Waals surface area (Å²) in [6, 6.07) is 0. The number of hydrogen-bond acceptors (Lipinski definition) is 4. The maximum atomic E-state index is 12.1. The van der Waals surface area contributed by atoms with Crippen LogP contribution in [0.3, 0.4) is 0 Å². The molecule has 1 unspecified atom stereocenters. The van der Waals surface area contributed by atoms with Gasteiger partial charge < -0.3 is 15.7 Å². The first-order valence-corrected chi connectivity index (χ1v) is 6.92. The highest BCUT2D eigenvalue weighted by atomic mass is 35.5. The molecule has 20 heavy (non-hydrogen) atoms. The molecule has 0 spiro atoms. The molecule has 0 radical (unpaired) electrons. The van der Waals surface area contributed by atoms with Crippen LogP contribution in [0.25, 0.3) is 0 Å². The summed E-state index contributed by atoms with van der Waals surface area (Å²) in [7, 11) is 0. The number of carbonyl (C=O) groups excluding carboxylic acids is 1. The molecular formula is C13H23ClN4O2. The number of aliphatic hydroxyl groups excluding tert-OH is 1. The number of H-pyrrole nitrogens is 1. The smallest absolute Gasteiger partial charge is 0.272 e. The van der Waals surface area contributed by atoms with Gasteiger partial charge in [-0.3, -0.25) is 9.89 Å². The average Bonchev–Trinajstić information content (AvgIpc) is 2.87. The van der Waals surface area contributed by atoms with Gasteiger partial charge in [0, 0.05) is 43.9 Å². The van der Waals surface area contributed by atoms with Crippen LogP contribution < -0.4 is 10.6 Å². The molecule has 0 aromatic carbocycles. The molecule has 2 rings (SSSR count). The Labute approximate surface area is 125 Å². The molecular weight excluding hydrogens is 280 g/mol. The Bertz CT molecular complexity index is 436. The van der Waals surface area contributed by atoms with Gasteiger partial charge in [-0.2, -0.15) is 5.10 Å². The number of rotatable bonds is 6. The van der Waals surface area contributed by atoms with Crippen molar-refractivity contribution in [3.05, 3.63) is 17.0 Å². The fraction of sp³-hybridized carbons (Fsp3) is 0.692. The van der Waals surface area contributed by atoms with E-state index in [0.717, 1.165) is 37.1 Å². The number of fused-ring (bicyclic) bond motifs is 1. The van der Waals surface area contributed by atoms with E-state index in [4.69, 9.17) is 5.11 Å². The van der Waals surface area contributed by atoms with Crippen molar-refractivity contribution in [2.75, 3.05) is 19.7 Å². The van der Waals surface area contributed by atoms with Crippen LogP contribution in [0.15, 0.2) is 0 Å². The first-order valence-electron chi connectivity index (χ1n) is 6.92. The minimum Gasteiger partial charge on any atom is -0.396 e. The van der Waals surface area contributed by atoms with E-state index >= 15 is 0 Å². The number of halogens is 1. The molecule has 0 fully saturated rings. The van der Waals surface area contributed by atoms with Crippen molar-refractivity contribution in [3.8, 4) is 0 Å². The summed E-state index contributed by atoms with van der Waals surface area (Å²) in [5.74, 6) is 0.194. The molecule has 2 heterocycles. The summed E-state index contributed by atoms with van der Waals surface area (Å²) >= 11 is 0. The third kappa shape index (κ3) is 3.94. The zero-order chi connectivity index (χ0) is 13.7. The van der Waals surface area contributed by atoms with Crippen LogP contribution in [0.2, 0.25) is 0 Å². The number of aromatic amines is 1. The van der Waals surface area contributed by atoms with E-state index in [1.807, 2.05) is 0 Å². The summed E-state index contributed by atoms with van der Waals surface area (Å²) < 4.78 is 0. The van der Waals surface area contributed by atoms with Crippen LogP contribution in [-0.2, 0) is 13.0 Å². The van der Waals surface area contributed by atoms with E-state index < -0.39 is 0 Å². The molecule has 7 heteroatoms. The van der Waals surface area contributed by atoms with Gasteiger partial charge in [0.15, 0.2) is 5.69 Å². The Morgan fingerprint density at radius 2 is 2.35 bits per heavy atom. The first-order chi connectivity index (χ1) is 9.26. The Hall–Kier alpha value is -1.11. The van der Waals surface area contributed by atoms with Crippen molar-refractivity contribution < 1.29 is 9.90 Å². The van der Waals surface area contributed by atoms with Crippen LogP contribution in [0.4, 0.5) is 0 Å². The van der Waals surface area contributed by atoms with Gasteiger partial charge in [0.25, 0.3) is 5.91 Å². The van der Waals surface area contributed by atoms with Gasteiger partial charge >= 0.3 is 0 Å². The third-order valence-electron chi connectivity index (χ3n) is 3.69.